The van der Waals surface area contributed by atoms with E-state index in [0.717, 1.165) is 32.1 Å². The van der Waals surface area contributed by atoms with Crippen LogP contribution in [0.15, 0.2) is 23.8 Å². The number of halogens is 1. The van der Waals surface area contributed by atoms with Gasteiger partial charge in [0.15, 0.2) is 0 Å². The number of nitrogens with zero attached hydrogens (tertiary/aromatic N) is 1. The van der Waals surface area contributed by atoms with Crippen molar-refractivity contribution >= 4 is 0 Å². The van der Waals surface area contributed by atoms with Crippen LogP contribution in [0.5, 0.6) is 0 Å². The van der Waals surface area contributed by atoms with Gasteiger partial charge in [-0.25, -0.2) is 0 Å². The van der Waals surface area contributed by atoms with Crippen LogP contribution in [0, 0.1) is 0 Å². The van der Waals surface area contributed by atoms with E-state index in [0.29, 0.717) is 0 Å². The van der Waals surface area contributed by atoms with Gasteiger partial charge in [-0.2, -0.15) is 0 Å². The van der Waals surface area contributed by atoms with Crippen LogP contribution in [-0.2, 0) is 0 Å². The van der Waals surface area contributed by atoms with Gasteiger partial charge in [0.25, 0.3) is 0 Å². The molecule has 1 nitrogen and oxygen atoms in total. The zero-order chi connectivity index (χ0) is 15.2. The maximum atomic E-state index is 12.0. The molecule has 1 aliphatic heterocycles. The van der Waals surface area contributed by atoms with Gasteiger partial charge in [-0.3, -0.25) is 4.39 Å². The molecule has 1 rings (SSSR count). The summed E-state index contributed by atoms with van der Waals surface area (Å²) < 4.78 is 12.0. The summed E-state index contributed by atoms with van der Waals surface area (Å²) in [5.74, 6) is 0. The van der Waals surface area contributed by atoms with Gasteiger partial charge in [0.1, 0.15) is 0 Å². The maximum Gasteiger partial charge on any atom is 0.0894 e. The van der Waals surface area contributed by atoms with Crippen LogP contribution in [0.2, 0.25) is 0 Å². The third kappa shape index (κ3) is 9.84. The standard InChI is InChI=1S/C19H34FN/c1-2-12-19(13-7-5-3-4-6-8-15-20)14-11-18-21-16-9-10-17-21/h7,12-13H,2-6,8-11,14-18H2,1H3/b13-7-,19-12+. The van der Waals surface area contributed by atoms with E-state index < -0.39 is 0 Å². The quantitative estimate of drug-likeness (QED) is 0.331. The van der Waals surface area contributed by atoms with Crippen molar-refractivity contribution in [2.75, 3.05) is 26.3 Å². The molecule has 0 spiro atoms. The molecule has 0 amide bonds. The van der Waals surface area contributed by atoms with Crippen LogP contribution >= 0.6 is 0 Å². The van der Waals surface area contributed by atoms with E-state index in [2.05, 4.69) is 30.1 Å². The Hall–Kier alpha value is -0.630. The van der Waals surface area contributed by atoms with E-state index in [1.807, 2.05) is 0 Å². The number of allylic oxidation sites excluding steroid dienone is 4. The summed E-state index contributed by atoms with van der Waals surface area (Å²) in [6.07, 6.45) is 18.7. The Bertz CT molecular complexity index is 290. The van der Waals surface area contributed by atoms with E-state index in [-0.39, 0.29) is 6.67 Å². The minimum atomic E-state index is -0.157. The minimum absolute atomic E-state index is 0.157. The monoisotopic (exact) mass is 295 g/mol. The van der Waals surface area contributed by atoms with Crippen molar-refractivity contribution in [2.45, 2.75) is 71.1 Å². The van der Waals surface area contributed by atoms with Gasteiger partial charge in [0, 0.05) is 0 Å². The molecule has 0 bridgehead atoms. The van der Waals surface area contributed by atoms with Gasteiger partial charge in [0.05, 0.1) is 6.67 Å². The van der Waals surface area contributed by atoms with E-state index in [4.69, 9.17) is 0 Å². The Labute approximate surface area is 131 Å². The van der Waals surface area contributed by atoms with Crippen molar-refractivity contribution in [2.24, 2.45) is 0 Å². The first-order valence-electron chi connectivity index (χ1n) is 9.00. The second-order valence-corrected chi connectivity index (χ2v) is 6.13. The molecule has 122 valence electrons. The molecule has 0 aromatic heterocycles. The maximum absolute atomic E-state index is 12.0. The predicted molar refractivity (Wildman–Crippen MR) is 91.5 cm³/mol. The summed E-state index contributed by atoms with van der Waals surface area (Å²) >= 11 is 0. The summed E-state index contributed by atoms with van der Waals surface area (Å²) in [6, 6.07) is 0. The molecule has 0 aliphatic carbocycles. The lowest BCUT2D eigenvalue weighted by molar-refractivity contribution is 0.334. The normalized spacial score (nSPS) is 17.1. The molecule has 0 atom stereocenters. The number of rotatable bonds is 12. The van der Waals surface area contributed by atoms with Crippen LogP contribution in [-0.4, -0.2) is 31.2 Å². The molecule has 0 aromatic rings. The molecule has 2 heteroatoms. The highest BCUT2D eigenvalue weighted by molar-refractivity contribution is 5.18. The average Bonchev–Trinajstić information content (AvgIpc) is 2.99. The molecule has 0 saturated carbocycles. The van der Waals surface area contributed by atoms with Crippen LogP contribution in [0.25, 0.3) is 0 Å². The molecule has 0 unspecified atom stereocenters. The van der Waals surface area contributed by atoms with E-state index in [9.17, 15) is 4.39 Å². The van der Waals surface area contributed by atoms with Crippen LogP contribution < -0.4 is 0 Å². The molecular formula is C19H34FN. The van der Waals surface area contributed by atoms with Crippen molar-refractivity contribution in [1.82, 2.24) is 4.90 Å². The summed E-state index contributed by atoms with van der Waals surface area (Å²) in [5, 5.41) is 0. The predicted octanol–water partition coefficient (Wildman–Crippen LogP) is 5.68. The van der Waals surface area contributed by atoms with E-state index in [1.54, 1.807) is 0 Å². The largest absolute Gasteiger partial charge is 0.303 e. The molecule has 0 radical (unpaired) electrons. The second kappa shape index (κ2) is 13.1. The molecular weight excluding hydrogens is 261 g/mol. The van der Waals surface area contributed by atoms with E-state index in [1.165, 1.54) is 57.3 Å². The van der Waals surface area contributed by atoms with Crippen molar-refractivity contribution in [3.8, 4) is 0 Å². The number of likely N-dealkylation sites (tertiary alicyclic amines) is 1. The van der Waals surface area contributed by atoms with Crippen molar-refractivity contribution in [3.05, 3.63) is 23.8 Å². The number of hydrogen-bond acceptors (Lipinski definition) is 1. The smallest absolute Gasteiger partial charge is 0.0894 e. The lowest BCUT2D eigenvalue weighted by atomic mass is 10.1. The highest BCUT2D eigenvalue weighted by Gasteiger charge is 2.10. The molecule has 1 saturated heterocycles. The number of hydrogen-bond donors (Lipinski definition) is 0. The zero-order valence-electron chi connectivity index (χ0n) is 14.0. The van der Waals surface area contributed by atoms with Crippen LogP contribution in [0.4, 0.5) is 4.39 Å². The Morgan fingerprint density at radius 2 is 1.81 bits per heavy atom. The van der Waals surface area contributed by atoms with Gasteiger partial charge in [-0.05, 0) is 71.0 Å². The fraction of sp³-hybridized carbons (Fsp3) is 0.789. The first kappa shape index (κ1) is 18.4. The Morgan fingerprint density at radius 3 is 2.52 bits per heavy atom. The van der Waals surface area contributed by atoms with Gasteiger partial charge < -0.3 is 4.90 Å². The van der Waals surface area contributed by atoms with Crippen molar-refractivity contribution < 1.29 is 4.39 Å². The number of alkyl halides is 1. The summed E-state index contributed by atoms with van der Waals surface area (Å²) in [6.45, 7) is 5.93. The average molecular weight is 295 g/mol. The molecule has 0 aromatic carbocycles. The second-order valence-electron chi connectivity index (χ2n) is 6.13. The Balaban J connectivity index is 2.12. The highest BCUT2D eigenvalue weighted by Crippen LogP contribution is 2.13. The third-order valence-corrected chi connectivity index (χ3v) is 4.19. The molecule has 0 N–H and O–H groups in total. The minimum Gasteiger partial charge on any atom is -0.303 e. The van der Waals surface area contributed by atoms with Crippen molar-refractivity contribution in [3.63, 3.8) is 0 Å². The molecule has 1 fully saturated rings. The fourth-order valence-corrected chi connectivity index (χ4v) is 2.97. The fourth-order valence-electron chi connectivity index (χ4n) is 2.97. The molecule has 21 heavy (non-hydrogen) atoms. The SMILES string of the molecule is CC/C=C(\C=C/CCCCCCF)CCCN1CCCC1. The summed E-state index contributed by atoms with van der Waals surface area (Å²) in [5.41, 5.74) is 1.50. The lowest BCUT2D eigenvalue weighted by Crippen LogP contribution is -2.20. The number of unbranched alkanes of at least 4 members (excludes halogenated alkanes) is 4. The van der Waals surface area contributed by atoms with E-state index >= 15 is 0 Å². The van der Waals surface area contributed by atoms with Crippen LogP contribution in [0.3, 0.4) is 0 Å². The third-order valence-electron chi connectivity index (χ3n) is 4.19. The first-order chi connectivity index (χ1) is 10.4. The van der Waals surface area contributed by atoms with Gasteiger partial charge in [-0.1, -0.05) is 43.6 Å². The summed E-state index contributed by atoms with van der Waals surface area (Å²) in [4.78, 5) is 2.60. The Morgan fingerprint density at radius 1 is 1.05 bits per heavy atom. The topological polar surface area (TPSA) is 3.24 Å². The van der Waals surface area contributed by atoms with Crippen LogP contribution in [0.1, 0.15) is 71.1 Å². The summed E-state index contributed by atoms with van der Waals surface area (Å²) in [7, 11) is 0. The van der Waals surface area contributed by atoms with Gasteiger partial charge in [0.2, 0.25) is 0 Å². The molecule has 1 heterocycles. The van der Waals surface area contributed by atoms with Gasteiger partial charge >= 0.3 is 0 Å². The van der Waals surface area contributed by atoms with Crippen molar-refractivity contribution in [1.29, 1.82) is 0 Å². The molecule has 1 aliphatic rings. The highest BCUT2D eigenvalue weighted by atomic mass is 19.1. The Kier molecular flexibility index (Phi) is 11.5. The van der Waals surface area contributed by atoms with Gasteiger partial charge in [-0.15, -0.1) is 0 Å². The zero-order valence-corrected chi connectivity index (χ0v) is 14.0. The first-order valence-corrected chi connectivity index (χ1v) is 9.00. The lowest BCUT2D eigenvalue weighted by Gasteiger charge is -2.14.